The van der Waals surface area contributed by atoms with E-state index in [1.54, 1.807) is 25.1 Å². The third-order valence-corrected chi connectivity index (χ3v) is 3.02. The minimum Gasteiger partial charge on any atom is -0.492 e. The lowest BCUT2D eigenvalue weighted by molar-refractivity contribution is 0.102. The average molecular weight is 288 g/mol. The number of nitrogen functional groups attached to an aromatic ring is 1. The number of ether oxygens (including phenoxy) is 1. The minimum absolute atomic E-state index is 0.349. The number of nitrogens with two attached hydrogens (primary N) is 1. The van der Waals surface area contributed by atoms with Crippen molar-refractivity contribution in [1.82, 2.24) is 0 Å². The SMILES string of the molecule is CCOc1ccc(C(=O)Nc2cc(F)ccc2C)cc1N. The summed E-state index contributed by atoms with van der Waals surface area (Å²) in [4.78, 5) is 12.2. The third-order valence-electron chi connectivity index (χ3n) is 3.02. The Balaban J connectivity index is 2.20. The summed E-state index contributed by atoms with van der Waals surface area (Å²) in [6.45, 7) is 4.15. The fourth-order valence-electron chi connectivity index (χ4n) is 1.90. The summed E-state index contributed by atoms with van der Waals surface area (Å²) in [5, 5.41) is 2.67. The van der Waals surface area contributed by atoms with Gasteiger partial charge in [-0.2, -0.15) is 0 Å². The smallest absolute Gasteiger partial charge is 0.255 e. The predicted molar refractivity (Wildman–Crippen MR) is 81.1 cm³/mol. The number of benzene rings is 2. The molecule has 0 aliphatic carbocycles. The van der Waals surface area contributed by atoms with Crippen molar-refractivity contribution >= 4 is 17.3 Å². The Morgan fingerprint density at radius 3 is 2.71 bits per heavy atom. The van der Waals surface area contributed by atoms with Gasteiger partial charge < -0.3 is 15.8 Å². The fraction of sp³-hybridized carbons (Fsp3) is 0.188. The first-order valence-corrected chi connectivity index (χ1v) is 6.61. The Morgan fingerprint density at radius 1 is 1.29 bits per heavy atom. The van der Waals surface area contributed by atoms with Crippen molar-refractivity contribution in [3.63, 3.8) is 0 Å². The van der Waals surface area contributed by atoms with Crippen LogP contribution in [0.2, 0.25) is 0 Å². The Bertz CT molecular complexity index is 671. The lowest BCUT2D eigenvalue weighted by Gasteiger charge is -2.11. The number of nitrogens with one attached hydrogen (secondary N) is 1. The third kappa shape index (κ3) is 3.51. The van der Waals surface area contributed by atoms with E-state index in [1.165, 1.54) is 18.2 Å². The second-order valence-electron chi connectivity index (χ2n) is 4.60. The molecule has 0 aliphatic heterocycles. The van der Waals surface area contributed by atoms with Gasteiger partial charge in [0.2, 0.25) is 0 Å². The lowest BCUT2D eigenvalue weighted by atomic mass is 10.1. The van der Waals surface area contributed by atoms with E-state index in [0.29, 0.717) is 29.3 Å². The molecule has 0 saturated carbocycles. The van der Waals surface area contributed by atoms with E-state index in [1.807, 2.05) is 6.92 Å². The van der Waals surface area contributed by atoms with Crippen LogP contribution in [0.5, 0.6) is 5.75 Å². The molecule has 0 fully saturated rings. The lowest BCUT2D eigenvalue weighted by Crippen LogP contribution is -2.13. The van der Waals surface area contributed by atoms with Crippen molar-refractivity contribution < 1.29 is 13.9 Å². The highest BCUT2D eigenvalue weighted by atomic mass is 19.1. The second-order valence-corrected chi connectivity index (χ2v) is 4.60. The number of carbonyl (C=O) groups is 1. The first kappa shape index (κ1) is 14.8. The van der Waals surface area contributed by atoms with Gasteiger partial charge in [0.15, 0.2) is 0 Å². The summed E-state index contributed by atoms with van der Waals surface area (Å²) in [7, 11) is 0. The number of hydrogen-bond donors (Lipinski definition) is 2. The van der Waals surface area contributed by atoms with Crippen LogP contribution in [-0.2, 0) is 0 Å². The van der Waals surface area contributed by atoms with Crippen LogP contribution in [0.3, 0.4) is 0 Å². The van der Waals surface area contributed by atoms with Gasteiger partial charge in [-0.25, -0.2) is 4.39 Å². The van der Waals surface area contributed by atoms with Crippen molar-refractivity contribution in [3.8, 4) is 5.75 Å². The summed E-state index contributed by atoms with van der Waals surface area (Å²) < 4.78 is 18.5. The maximum absolute atomic E-state index is 13.2. The van der Waals surface area contributed by atoms with Gasteiger partial charge in [0.05, 0.1) is 12.3 Å². The minimum atomic E-state index is -0.401. The van der Waals surface area contributed by atoms with Crippen molar-refractivity contribution in [2.75, 3.05) is 17.7 Å². The normalized spacial score (nSPS) is 10.2. The van der Waals surface area contributed by atoms with E-state index in [-0.39, 0.29) is 5.91 Å². The molecule has 110 valence electrons. The molecular weight excluding hydrogens is 271 g/mol. The molecule has 0 radical (unpaired) electrons. The van der Waals surface area contributed by atoms with Gasteiger partial charge in [0, 0.05) is 11.3 Å². The fourth-order valence-corrected chi connectivity index (χ4v) is 1.90. The first-order valence-electron chi connectivity index (χ1n) is 6.61. The number of rotatable bonds is 4. The van der Waals surface area contributed by atoms with Crippen LogP contribution in [0.15, 0.2) is 36.4 Å². The van der Waals surface area contributed by atoms with Gasteiger partial charge >= 0.3 is 0 Å². The predicted octanol–water partition coefficient (Wildman–Crippen LogP) is 3.37. The van der Waals surface area contributed by atoms with Gasteiger partial charge in [-0.1, -0.05) is 6.07 Å². The highest BCUT2D eigenvalue weighted by molar-refractivity contribution is 6.05. The molecule has 0 spiro atoms. The molecule has 2 rings (SSSR count). The molecule has 0 unspecified atom stereocenters. The maximum Gasteiger partial charge on any atom is 0.255 e. The van der Waals surface area contributed by atoms with Crippen LogP contribution in [0.1, 0.15) is 22.8 Å². The van der Waals surface area contributed by atoms with Crippen molar-refractivity contribution in [3.05, 3.63) is 53.3 Å². The van der Waals surface area contributed by atoms with E-state index in [4.69, 9.17) is 10.5 Å². The van der Waals surface area contributed by atoms with E-state index >= 15 is 0 Å². The number of carbonyl (C=O) groups excluding carboxylic acids is 1. The topological polar surface area (TPSA) is 64.3 Å². The van der Waals surface area contributed by atoms with E-state index in [2.05, 4.69) is 5.32 Å². The Labute approximate surface area is 122 Å². The highest BCUT2D eigenvalue weighted by Crippen LogP contribution is 2.23. The molecule has 1 amide bonds. The number of amides is 1. The van der Waals surface area contributed by atoms with Gasteiger partial charge in [-0.05, 0) is 49.7 Å². The second kappa shape index (κ2) is 6.26. The van der Waals surface area contributed by atoms with Gasteiger partial charge in [-0.3, -0.25) is 4.79 Å². The van der Waals surface area contributed by atoms with Crippen LogP contribution in [0, 0.1) is 12.7 Å². The van der Waals surface area contributed by atoms with Gasteiger partial charge in [0.25, 0.3) is 5.91 Å². The number of hydrogen-bond acceptors (Lipinski definition) is 3. The average Bonchev–Trinajstić information content (AvgIpc) is 2.45. The van der Waals surface area contributed by atoms with Crippen LogP contribution in [0.25, 0.3) is 0 Å². The van der Waals surface area contributed by atoms with Crippen molar-refractivity contribution in [2.24, 2.45) is 0 Å². The zero-order valence-corrected chi connectivity index (χ0v) is 11.9. The molecule has 0 heterocycles. The van der Waals surface area contributed by atoms with Gasteiger partial charge in [0.1, 0.15) is 11.6 Å². The molecule has 0 aliphatic rings. The zero-order chi connectivity index (χ0) is 15.4. The molecule has 2 aromatic rings. The quantitative estimate of drug-likeness (QED) is 0.848. The van der Waals surface area contributed by atoms with E-state index in [9.17, 15) is 9.18 Å². The number of anilines is 2. The Hall–Kier alpha value is -2.56. The Kier molecular flexibility index (Phi) is 4.42. The zero-order valence-electron chi connectivity index (χ0n) is 11.9. The molecule has 3 N–H and O–H groups in total. The summed E-state index contributed by atoms with van der Waals surface area (Å²) >= 11 is 0. The van der Waals surface area contributed by atoms with Crippen LogP contribution in [-0.4, -0.2) is 12.5 Å². The molecule has 0 saturated heterocycles. The van der Waals surface area contributed by atoms with Crippen molar-refractivity contribution in [2.45, 2.75) is 13.8 Å². The molecule has 2 aromatic carbocycles. The molecular formula is C16H17FN2O2. The number of aryl methyl sites for hydroxylation is 1. The first-order chi connectivity index (χ1) is 10.0. The standard InChI is InChI=1S/C16H17FN2O2/c1-3-21-15-7-5-11(8-13(15)18)16(20)19-14-9-12(17)6-4-10(14)2/h4-9H,3,18H2,1-2H3,(H,19,20). The monoisotopic (exact) mass is 288 g/mol. The molecule has 0 aromatic heterocycles. The summed E-state index contributed by atoms with van der Waals surface area (Å²) in [6, 6.07) is 9.04. The summed E-state index contributed by atoms with van der Waals surface area (Å²) in [5.41, 5.74) is 7.82. The molecule has 0 atom stereocenters. The largest absolute Gasteiger partial charge is 0.492 e. The number of halogens is 1. The summed E-state index contributed by atoms with van der Waals surface area (Å²) in [5.74, 6) is -0.212. The van der Waals surface area contributed by atoms with E-state index < -0.39 is 5.82 Å². The Morgan fingerprint density at radius 2 is 2.05 bits per heavy atom. The van der Waals surface area contributed by atoms with Gasteiger partial charge in [-0.15, -0.1) is 0 Å². The molecule has 5 heteroatoms. The summed E-state index contributed by atoms with van der Waals surface area (Å²) in [6.07, 6.45) is 0. The van der Waals surface area contributed by atoms with Crippen LogP contribution < -0.4 is 15.8 Å². The molecule has 21 heavy (non-hydrogen) atoms. The molecule has 0 bridgehead atoms. The highest BCUT2D eigenvalue weighted by Gasteiger charge is 2.11. The van der Waals surface area contributed by atoms with Crippen molar-refractivity contribution in [1.29, 1.82) is 0 Å². The maximum atomic E-state index is 13.2. The van der Waals surface area contributed by atoms with Crippen LogP contribution in [0.4, 0.5) is 15.8 Å². The van der Waals surface area contributed by atoms with E-state index in [0.717, 1.165) is 5.56 Å². The molecule has 4 nitrogen and oxygen atoms in total. The van der Waals surface area contributed by atoms with Crippen LogP contribution >= 0.6 is 0 Å².